The summed E-state index contributed by atoms with van der Waals surface area (Å²) < 4.78 is 11.3. The Balaban J connectivity index is 1.78. The molecule has 4 nitrogen and oxygen atoms in total. The Bertz CT molecular complexity index is 587. The molecule has 1 aliphatic heterocycles. The Morgan fingerprint density at radius 3 is 2.70 bits per heavy atom. The van der Waals surface area contributed by atoms with E-state index in [1.165, 1.54) is 0 Å². The average Bonchev–Trinajstić information content (AvgIpc) is 2.73. The highest BCUT2D eigenvalue weighted by Gasteiger charge is 2.11. The zero-order valence-electron chi connectivity index (χ0n) is 11.0. The number of fused-ring (bicyclic) bond motifs is 1. The molecule has 0 aliphatic carbocycles. The van der Waals surface area contributed by atoms with Gasteiger partial charge in [-0.15, -0.1) is 0 Å². The van der Waals surface area contributed by atoms with E-state index in [2.05, 4.69) is 4.98 Å². The summed E-state index contributed by atoms with van der Waals surface area (Å²) in [5.41, 5.74) is 6.60. The molecule has 1 aliphatic rings. The topological polar surface area (TPSA) is 57.4 Å². The number of benzene rings is 1. The van der Waals surface area contributed by atoms with Gasteiger partial charge < -0.3 is 15.2 Å². The molecule has 3 rings (SSSR count). The molecule has 0 atom stereocenters. The van der Waals surface area contributed by atoms with Crippen molar-refractivity contribution in [3.05, 3.63) is 42.1 Å². The van der Waals surface area contributed by atoms with Gasteiger partial charge in [-0.25, -0.2) is 4.98 Å². The molecule has 0 saturated heterocycles. The Hall–Kier alpha value is -1.72. The lowest BCUT2D eigenvalue weighted by molar-refractivity contribution is 0.297. The van der Waals surface area contributed by atoms with Gasteiger partial charge in [-0.3, -0.25) is 0 Å². The third-order valence-corrected chi connectivity index (χ3v) is 3.91. The summed E-state index contributed by atoms with van der Waals surface area (Å²) in [5.74, 6) is 1.63. The van der Waals surface area contributed by atoms with Gasteiger partial charge in [0.15, 0.2) is 11.5 Å². The van der Waals surface area contributed by atoms with Crippen LogP contribution in [0.4, 0.5) is 0 Å². The molecule has 5 heteroatoms. The number of hydrogen-bond acceptors (Lipinski definition) is 5. The molecule has 0 radical (unpaired) electrons. The maximum atomic E-state index is 5.69. The Kier molecular flexibility index (Phi) is 4.08. The molecule has 0 saturated carbocycles. The number of nitrogens with zero attached hydrogens (tertiary/aromatic N) is 1. The summed E-state index contributed by atoms with van der Waals surface area (Å²) in [6.45, 7) is 1.92. The van der Waals surface area contributed by atoms with E-state index in [1.807, 2.05) is 36.5 Å². The molecule has 2 aromatic rings. The van der Waals surface area contributed by atoms with Crippen LogP contribution in [0.2, 0.25) is 0 Å². The van der Waals surface area contributed by atoms with Gasteiger partial charge in [0.05, 0.1) is 13.2 Å². The maximum Gasteiger partial charge on any atom is 0.162 e. The molecule has 2 N–H and O–H groups in total. The van der Waals surface area contributed by atoms with Gasteiger partial charge in [0.25, 0.3) is 0 Å². The van der Waals surface area contributed by atoms with E-state index < -0.39 is 0 Å². The molecule has 2 heterocycles. The van der Waals surface area contributed by atoms with Crippen LogP contribution in [0, 0.1) is 0 Å². The van der Waals surface area contributed by atoms with E-state index in [-0.39, 0.29) is 0 Å². The van der Waals surface area contributed by atoms with Crippen LogP contribution in [0.3, 0.4) is 0 Å². The van der Waals surface area contributed by atoms with Gasteiger partial charge in [-0.2, -0.15) is 0 Å². The Labute approximate surface area is 122 Å². The molecule has 0 spiro atoms. The van der Waals surface area contributed by atoms with Crippen LogP contribution in [0.25, 0.3) is 0 Å². The van der Waals surface area contributed by atoms with Crippen LogP contribution in [-0.4, -0.2) is 18.2 Å². The first-order chi connectivity index (χ1) is 9.85. The second-order valence-electron chi connectivity index (χ2n) is 4.47. The summed E-state index contributed by atoms with van der Waals surface area (Å²) in [4.78, 5) is 5.47. The number of ether oxygens (including phenoxy) is 2. The third kappa shape index (κ3) is 3.05. The zero-order valence-corrected chi connectivity index (χ0v) is 11.9. The summed E-state index contributed by atoms with van der Waals surface area (Å²) in [6, 6.07) is 9.96. The van der Waals surface area contributed by atoms with Crippen LogP contribution in [0.5, 0.6) is 11.5 Å². The lowest BCUT2D eigenvalue weighted by Gasteiger charge is -2.09. The molecule has 1 aromatic carbocycles. The van der Waals surface area contributed by atoms with Gasteiger partial charge in [0.2, 0.25) is 0 Å². The molecular formula is C15H16N2O2S. The van der Waals surface area contributed by atoms with Gasteiger partial charge in [0.1, 0.15) is 5.03 Å². The van der Waals surface area contributed by atoms with Crippen LogP contribution in [-0.2, 0) is 6.54 Å². The molecule has 20 heavy (non-hydrogen) atoms. The van der Waals surface area contributed by atoms with E-state index in [4.69, 9.17) is 15.2 Å². The van der Waals surface area contributed by atoms with Crippen molar-refractivity contribution < 1.29 is 9.47 Å². The first kappa shape index (κ1) is 13.3. The molecular weight excluding hydrogens is 272 g/mol. The number of hydrogen-bond donors (Lipinski definition) is 1. The zero-order chi connectivity index (χ0) is 13.8. The first-order valence-electron chi connectivity index (χ1n) is 6.57. The van der Waals surface area contributed by atoms with E-state index in [0.29, 0.717) is 19.8 Å². The van der Waals surface area contributed by atoms with E-state index in [0.717, 1.165) is 33.4 Å². The van der Waals surface area contributed by atoms with Crippen molar-refractivity contribution in [1.29, 1.82) is 0 Å². The standard InChI is InChI=1S/C15H16N2O2S/c16-9-11-2-5-15(17-10-11)20-12-3-4-13-14(8-12)19-7-1-6-18-13/h2-5,8,10H,1,6-7,9,16H2. The fourth-order valence-corrected chi connectivity index (χ4v) is 2.70. The first-order valence-corrected chi connectivity index (χ1v) is 7.39. The Morgan fingerprint density at radius 2 is 1.95 bits per heavy atom. The van der Waals surface area contributed by atoms with E-state index in [1.54, 1.807) is 11.8 Å². The van der Waals surface area contributed by atoms with Crippen LogP contribution in [0.15, 0.2) is 46.5 Å². The fraction of sp³-hybridized carbons (Fsp3) is 0.267. The van der Waals surface area contributed by atoms with Gasteiger partial charge >= 0.3 is 0 Å². The van der Waals surface area contributed by atoms with Crippen molar-refractivity contribution >= 4 is 11.8 Å². The summed E-state index contributed by atoms with van der Waals surface area (Å²) in [6.07, 6.45) is 2.73. The number of aromatic nitrogens is 1. The number of pyridine rings is 1. The lowest BCUT2D eigenvalue weighted by atomic mass is 10.3. The quantitative estimate of drug-likeness (QED) is 0.941. The average molecular weight is 288 g/mol. The summed E-state index contributed by atoms with van der Waals surface area (Å²) in [7, 11) is 0. The molecule has 104 valence electrons. The number of nitrogens with two attached hydrogens (primary N) is 1. The minimum Gasteiger partial charge on any atom is -0.490 e. The lowest BCUT2D eigenvalue weighted by Crippen LogP contribution is -1.97. The highest BCUT2D eigenvalue weighted by atomic mass is 32.2. The largest absolute Gasteiger partial charge is 0.490 e. The van der Waals surface area contributed by atoms with Crippen LogP contribution < -0.4 is 15.2 Å². The second kappa shape index (κ2) is 6.15. The summed E-state index contributed by atoms with van der Waals surface area (Å²) >= 11 is 1.60. The molecule has 0 bridgehead atoms. The van der Waals surface area contributed by atoms with E-state index >= 15 is 0 Å². The van der Waals surface area contributed by atoms with Crippen molar-refractivity contribution in [3.8, 4) is 11.5 Å². The third-order valence-electron chi connectivity index (χ3n) is 2.97. The SMILES string of the molecule is NCc1ccc(Sc2ccc3c(c2)OCCCO3)nc1. The van der Waals surface area contributed by atoms with Crippen LogP contribution in [0.1, 0.15) is 12.0 Å². The minimum atomic E-state index is 0.516. The van der Waals surface area contributed by atoms with Crippen molar-refractivity contribution in [2.45, 2.75) is 22.9 Å². The van der Waals surface area contributed by atoms with Crippen molar-refractivity contribution in [1.82, 2.24) is 4.98 Å². The van der Waals surface area contributed by atoms with Gasteiger partial charge in [0, 0.05) is 24.1 Å². The summed E-state index contributed by atoms with van der Waals surface area (Å²) in [5, 5.41) is 0.941. The molecule has 1 aromatic heterocycles. The normalized spacial score (nSPS) is 13.8. The predicted molar refractivity (Wildman–Crippen MR) is 78.3 cm³/mol. The van der Waals surface area contributed by atoms with Crippen LogP contribution >= 0.6 is 11.8 Å². The Morgan fingerprint density at radius 1 is 1.10 bits per heavy atom. The molecule has 0 fully saturated rings. The molecule has 0 unspecified atom stereocenters. The highest BCUT2D eigenvalue weighted by molar-refractivity contribution is 7.99. The highest BCUT2D eigenvalue weighted by Crippen LogP contribution is 2.35. The molecule has 0 amide bonds. The van der Waals surface area contributed by atoms with E-state index in [9.17, 15) is 0 Å². The van der Waals surface area contributed by atoms with Crippen molar-refractivity contribution in [2.24, 2.45) is 5.73 Å². The minimum absolute atomic E-state index is 0.516. The maximum absolute atomic E-state index is 5.69. The second-order valence-corrected chi connectivity index (χ2v) is 5.56. The smallest absolute Gasteiger partial charge is 0.162 e. The van der Waals surface area contributed by atoms with Crippen molar-refractivity contribution in [3.63, 3.8) is 0 Å². The number of rotatable bonds is 3. The van der Waals surface area contributed by atoms with Crippen molar-refractivity contribution in [2.75, 3.05) is 13.2 Å². The monoisotopic (exact) mass is 288 g/mol. The fourth-order valence-electron chi connectivity index (χ4n) is 1.92. The van der Waals surface area contributed by atoms with Gasteiger partial charge in [-0.05, 0) is 29.8 Å². The predicted octanol–water partition coefficient (Wildman–Crippen LogP) is 2.85. The van der Waals surface area contributed by atoms with Gasteiger partial charge in [-0.1, -0.05) is 17.8 Å².